The number of para-hydroxylation sites is 3. The number of nitrogens with zero attached hydrogens (tertiary/aromatic N) is 1. The molecule has 4 rings (SSSR count). The summed E-state index contributed by atoms with van der Waals surface area (Å²) in [6.45, 7) is 0.674. The molecule has 1 heterocycles. The van der Waals surface area contributed by atoms with E-state index in [0.29, 0.717) is 23.7 Å². The first-order chi connectivity index (χ1) is 15.2. The second-order valence-corrected chi connectivity index (χ2v) is 7.30. The van der Waals surface area contributed by atoms with Crippen molar-refractivity contribution in [1.29, 1.82) is 0 Å². The van der Waals surface area contributed by atoms with E-state index in [-0.39, 0.29) is 12.1 Å². The number of methoxy groups -OCH3 is 2. The molecule has 1 N–H and O–H groups in total. The molecule has 160 valence electrons. The summed E-state index contributed by atoms with van der Waals surface area (Å²) in [5, 5.41) is 3.03. The highest BCUT2D eigenvalue weighted by atomic mass is 16.5. The van der Waals surface area contributed by atoms with Crippen LogP contribution in [0.25, 0.3) is 0 Å². The fraction of sp³-hybridized carbons (Fsp3) is 0.240. The van der Waals surface area contributed by atoms with Gasteiger partial charge in [0.1, 0.15) is 17.2 Å². The van der Waals surface area contributed by atoms with E-state index in [1.807, 2.05) is 77.7 Å². The first kappa shape index (κ1) is 20.6. The summed E-state index contributed by atoms with van der Waals surface area (Å²) in [5.41, 5.74) is 1.61. The SMILES string of the molecule is COc1ccc(C2CCCN2C(=O)Nc2ccccc2Oc2ccccc2)c(OC)c1. The van der Waals surface area contributed by atoms with Crippen LogP contribution in [0.15, 0.2) is 72.8 Å². The van der Waals surface area contributed by atoms with Crippen LogP contribution < -0.4 is 19.5 Å². The van der Waals surface area contributed by atoms with Crippen LogP contribution in [0.1, 0.15) is 24.4 Å². The topological polar surface area (TPSA) is 60.0 Å². The minimum Gasteiger partial charge on any atom is -0.497 e. The predicted molar refractivity (Wildman–Crippen MR) is 120 cm³/mol. The number of carbonyl (C=O) groups excluding carboxylic acids is 1. The van der Waals surface area contributed by atoms with Gasteiger partial charge in [0.25, 0.3) is 0 Å². The lowest BCUT2D eigenvalue weighted by Crippen LogP contribution is -2.34. The van der Waals surface area contributed by atoms with Crippen LogP contribution in [0.3, 0.4) is 0 Å². The van der Waals surface area contributed by atoms with E-state index >= 15 is 0 Å². The molecular formula is C25H26N2O4. The van der Waals surface area contributed by atoms with E-state index in [9.17, 15) is 4.79 Å². The Balaban J connectivity index is 1.54. The standard InChI is InChI=1S/C25H26N2O4/c1-29-19-14-15-20(24(17-19)30-2)22-12-8-16-27(22)25(28)26-21-11-6-7-13-23(21)31-18-9-4-3-5-10-18/h3-7,9-11,13-15,17,22H,8,12,16H2,1-2H3,(H,26,28). The van der Waals surface area contributed by atoms with Gasteiger partial charge in [-0.25, -0.2) is 4.79 Å². The molecule has 0 saturated carbocycles. The van der Waals surface area contributed by atoms with Gasteiger partial charge in [-0.2, -0.15) is 0 Å². The maximum atomic E-state index is 13.2. The van der Waals surface area contributed by atoms with Crippen molar-refractivity contribution in [3.8, 4) is 23.0 Å². The number of likely N-dealkylation sites (tertiary alicyclic amines) is 1. The lowest BCUT2D eigenvalue weighted by atomic mass is 10.0. The van der Waals surface area contributed by atoms with E-state index in [1.54, 1.807) is 14.2 Å². The van der Waals surface area contributed by atoms with E-state index in [2.05, 4.69) is 5.32 Å². The summed E-state index contributed by atoms with van der Waals surface area (Å²) in [6, 6.07) is 22.5. The van der Waals surface area contributed by atoms with Crippen molar-refractivity contribution in [3.05, 3.63) is 78.4 Å². The molecule has 1 atom stereocenters. The van der Waals surface area contributed by atoms with Gasteiger partial charge in [0, 0.05) is 18.2 Å². The number of hydrogen-bond donors (Lipinski definition) is 1. The van der Waals surface area contributed by atoms with Gasteiger partial charge in [-0.1, -0.05) is 30.3 Å². The molecule has 6 nitrogen and oxygen atoms in total. The number of nitrogens with one attached hydrogen (secondary N) is 1. The second-order valence-electron chi connectivity index (χ2n) is 7.30. The quantitative estimate of drug-likeness (QED) is 0.544. The third-order valence-electron chi connectivity index (χ3n) is 5.41. The first-order valence-corrected chi connectivity index (χ1v) is 10.3. The summed E-state index contributed by atoms with van der Waals surface area (Å²) in [7, 11) is 3.26. The maximum absolute atomic E-state index is 13.2. The lowest BCUT2D eigenvalue weighted by molar-refractivity contribution is 0.206. The zero-order valence-electron chi connectivity index (χ0n) is 17.7. The Morgan fingerprint density at radius 1 is 0.903 bits per heavy atom. The highest BCUT2D eigenvalue weighted by molar-refractivity contribution is 5.91. The molecule has 1 aliphatic rings. The zero-order valence-corrected chi connectivity index (χ0v) is 17.7. The van der Waals surface area contributed by atoms with Crippen molar-refractivity contribution in [3.63, 3.8) is 0 Å². The van der Waals surface area contributed by atoms with Gasteiger partial charge in [0.15, 0.2) is 5.75 Å². The summed E-state index contributed by atoms with van der Waals surface area (Å²) >= 11 is 0. The number of urea groups is 1. The smallest absolute Gasteiger partial charge is 0.322 e. The molecule has 0 aromatic heterocycles. The van der Waals surface area contributed by atoms with E-state index < -0.39 is 0 Å². The maximum Gasteiger partial charge on any atom is 0.322 e. The van der Waals surface area contributed by atoms with Gasteiger partial charge >= 0.3 is 6.03 Å². The van der Waals surface area contributed by atoms with Gasteiger partial charge < -0.3 is 24.4 Å². The molecule has 1 fully saturated rings. The Labute approximate surface area is 182 Å². The number of amides is 2. The second kappa shape index (κ2) is 9.43. The van der Waals surface area contributed by atoms with E-state index in [0.717, 1.165) is 29.9 Å². The highest BCUT2D eigenvalue weighted by Gasteiger charge is 2.32. The van der Waals surface area contributed by atoms with Crippen molar-refractivity contribution < 1.29 is 19.0 Å². The van der Waals surface area contributed by atoms with E-state index in [1.165, 1.54) is 0 Å². The summed E-state index contributed by atoms with van der Waals surface area (Å²) in [4.78, 5) is 15.1. The fourth-order valence-electron chi connectivity index (χ4n) is 3.89. The predicted octanol–water partition coefficient (Wildman–Crippen LogP) is 5.87. The average molecular weight is 418 g/mol. The largest absolute Gasteiger partial charge is 0.497 e. The lowest BCUT2D eigenvalue weighted by Gasteiger charge is -2.27. The first-order valence-electron chi connectivity index (χ1n) is 10.3. The number of rotatable bonds is 6. The Kier molecular flexibility index (Phi) is 6.26. The molecule has 3 aromatic carbocycles. The van der Waals surface area contributed by atoms with Gasteiger partial charge in [-0.3, -0.25) is 0 Å². The molecule has 2 amide bonds. The zero-order chi connectivity index (χ0) is 21.6. The van der Waals surface area contributed by atoms with Crippen molar-refractivity contribution in [2.75, 3.05) is 26.1 Å². The summed E-state index contributed by atoms with van der Waals surface area (Å²) < 4.78 is 16.9. The Hall–Kier alpha value is -3.67. The summed E-state index contributed by atoms with van der Waals surface area (Å²) in [6.07, 6.45) is 1.80. The molecule has 1 aliphatic heterocycles. The molecule has 0 bridgehead atoms. The van der Waals surface area contributed by atoms with Crippen molar-refractivity contribution >= 4 is 11.7 Å². The molecule has 1 unspecified atom stereocenters. The normalized spacial score (nSPS) is 15.4. The van der Waals surface area contributed by atoms with Gasteiger partial charge in [-0.05, 0) is 49.2 Å². The van der Waals surface area contributed by atoms with Crippen LogP contribution in [0.4, 0.5) is 10.5 Å². The summed E-state index contributed by atoms with van der Waals surface area (Å²) in [5.74, 6) is 2.75. The van der Waals surface area contributed by atoms with Crippen LogP contribution >= 0.6 is 0 Å². The Morgan fingerprint density at radius 2 is 1.68 bits per heavy atom. The number of hydrogen-bond acceptors (Lipinski definition) is 4. The molecule has 3 aromatic rings. The Morgan fingerprint density at radius 3 is 2.45 bits per heavy atom. The fourth-order valence-corrected chi connectivity index (χ4v) is 3.89. The van der Waals surface area contributed by atoms with Crippen molar-refractivity contribution in [2.24, 2.45) is 0 Å². The third-order valence-corrected chi connectivity index (χ3v) is 5.41. The van der Waals surface area contributed by atoms with Crippen LogP contribution in [-0.4, -0.2) is 31.7 Å². The molecular weight excluding hydrogens is 392 g/mol. The van der Waals surface area contributed by atoms with Crippen molar-refractivity contribution in [1.82, 2.24) is 4.90 Å². The van der Waals surface area contributed by atoms with Gasteiger partial charge in [-0.15, -0.1) is 0 Å². The van der Waals surface area contributed by atoms with Gasteiger partial charge in [0.2, 0.25) is 0 Å². The van der Waals surface area contributed by atoms with Crippen LogP contribution in [0.5, 0.6) is 23.0 Å². The highest BCUT2D eigenvalue weighted by Crippen LogP contribution is 2.39. The van der Waals surface area contributed by atoms with Gasteiger partial charge in [0.05, 0.1) is 25.9 Å². The molecule has 6 heteroatoms. The third kappa shape index (κ3) is 4.58. The minimum atomic E-state index is -0.163. The van der Waals surface area contributed by atoms with Crippen molar-refractivity contribution in [2.45, 2.75) is 18.9 Å². The number of benzene rings is 3. The van der Waals surface area contributed by atoms with Crippen LogP contribution in [-0.2, 0) is 0 Å². The molecule has 0 aliphatic carbocycles. The molecule has 31 heavy (non-hydrogen) atoms. The monoisotopic (exact) mass is 418 g/mol. The van der Waals surface area contributed by atoms with Crippen LogP contribution in [0, 0.1) is 0 Å². The molecule has 1 saturated heterocycles. The number of carbonyl (C=O) groups is 1. The number of anilines is 1. The minimum absolute atomic E-state index is 0.0666. The number of ether oxygens (including phenoxy) is 3. The molecule has 0 spiro atoms. The average Bonchev–Trinajstić information content (AvgIpc) is 3.30. The Bertz CT molecular complexity index is 1040. The van der Waals surface area contributed by atoms with Crippen LogP contribution in [0.2, 0.25) is 0 Å². The van der Waals surface area contributed by atoms with E-state index in [4.69, 9.17) is 14.2 Å². The molecule has 0 radical (unpaired) electrons.